The molecule has 0 N–H and O–H groups in total. The van der Waals surface area contributed by atoms with Gasteiger partial charge in [-0.1, -0.05) is 42.5 Å². The van der Waals surface area contributed by atoms with Crippen molar-refractivity contribution < 1.29 is 4.79 Å². The Kier molecular flexibility index (Phi) is 5.41. The molecule has 1 rings (SSSR count). The zero-order chi connectivity index (χ0) is 10.1. The Bertz CT molecular complexity index is 275. The van der Waals surface area contributed by atoms with E-state index in [9.17, 15) is 4.79 Å². The monoisotopic (exact) mass is 188 g/mol. The second kappa shape index (κ2) is 7.07. The van der Waals surface area contributed by atoms with Gasteiger partial charge in [0.1, 0.15) is 6.29 Å². The summed E-state index contributed by atoms with van der Waals surface area (Å²) in [6, 6.07) is 10.3. The third-order valence-electron chi connectivity index (χ3n) is 2.05. The molecule has 0 unspecified atom stereocenters. The molecule has 74 valence electrons. The van der Waals surface area contributed by atoms with Gasteiger partial charge in [-0.25, -0.2) is 0 Å². The molecule has 1 heteroatoms. The van der Waals surface area contributed by atoms with Gasteiger partial charge in [-0.05, 0) is 24.8 Å². The Morgan fingerprint density at radius 2 is 1.71 bits per heavy atom. The predicted octanol–water partition coefficient (Wildman–Crippen LogP) is 3.46. The zero-order valence-corrected chi connectivity index (χ0v) is 8.36. The number of benzene rings is 1. The number of aldehydes is 1. The van der Waals surface area contributed by atoms with Gasteiger partial charge in [-0.2, -0.15) is 0 Å². The van der Waals surface area contributed by atoms with Crippen LogP contribution in [0.5, 0.6) is 0 Å². The summed E-state index contributed by atoms with van der Waals surface area (Å²) >= 11 is 0. The highest BCUT2D eigenvalue weighted by molar-refractivity contribution is 5.49. The molecule has 0 heterocycles. The van der Waals surface area contributed by atoms with Crippen LogP contribution in [0.25, 0.3) is 6.08 Å². The molecule has 0 aliphatic carbocycles. The van der Waals surface area contributed by atoms with Crippen molar-refractivity contribution >= 4 is 12.4 Å². The predicted molar refractivity (Wildman–Crippen MR) is 60.0 cm³/mol. The standard InChI is InChI=1S/C13H16O/c14-12-8-3-1-2-5-9-13-10-6-4-7-11-13/h4-7,9-12H,1-3,8H2/b9-5-. The first-order valence-corrected chi connectivity index (χ1v) is 5.08. The molecule has 0 saturated heterocycles. The molecule has 1 aromatic rings. The fourth-order valence-electron chi connectivity index (χ4n) is 1.27. The number of unbranched alkanes of at least 4 members (excludes halogenated alkanes) is 3. The van der Waals surface area contributed by atoms with Crippen LogP contribution >= 0.6 is 0 Å². The maximum Gasteiger partial charge on any atom is 0.119 e. The van der Waals surface area contributed by atoms with E-state index in [4.69, 9.17) is 0 Å². The van der Waals surface area contributed by atoms with E-state index in [1.54, 1.807) is 0 Å². The molecule has 0 radical (unpaired) electrons. The van der Waals surface area contributed by atoms with Crippen LogP contribution < -0.4 is 0 Å². The lowest BCUT2D eigenvalue weighted by atomic mass is 10.1. The molecule has 0 aliphatic heterocycles. The molecular formula is C13H16O. The molecule has 0 saturated carbocycles. The van der Waals surface area contributed by atoms with Gasteiger partial charge in [0.25, 0.3) is 0 Å². The lowest BCUT2D eigenvalue weighted by Crippen LogP contribution is -1.76. The lowest BCUT2D eigenvalue weighted by Gasteiger charge is -1.92. The second-order valence-corrected chi connectivity index (χ2v) is 3.26. The Morgan fingerprint density at radius 1 is 1.00 bits per heavy atom. The van der Waals surface area contributed by atoms with Gasteiger partial charge in [0.05, 0.1) is 0 Å². The maximum absolute atomic E-state index is 10.0. The molecule has 1 aromatic carbocycles. The van der Waals surface area contributed by atoms with Gasteiger partial charge in [-0.3, -0.25) is 0 Å². The molecule has 1 nitrogen and oxygen atoms in total. The van der Waals surface area contributed by atoms with E-state index in [2.05, 4.69) is 24.3 Å². The van der Waals surface area contributed by atoms with Gasteiger partial charge < -0.3 is 4.79 Å². The molecule has 0 atom stereocenters. The van der Waals surface area contributed by atoms with Crippen LogP contribution in [0.15, 0.2) is 36.4 Å². The van der Waals surface area contributed by atoms with Gasteiger partial charge in [0, 0.05) is 6.42 Å². The molecule has 0 bridgehead atoms. The summed E-state index contributed by atoms with van der Waals surface area (Å²) in [5.74, 6) is 0. The second-order valence-electron chi connectivity index (χ2n) is 3.26. The topological polar surface area (TPSA) is 17.1 Å². The number of rotatable bonds is 6. The third-order valence-corrected chi connectivity index (χ3v) is 2.05. The highest BCUT2D eigenvalue weighted by Gasteiger charge is 1.85. The van der Waals surface area contributed by atoms with Crippen LogP contribution in [0.1, 0.15) is 31.2 Å². The smallest absolute Gasteiger partial charge is 0.119 e. The van der Waals surface area contributed by atoms with Crippen molar-refractivity contribution in [3.8, 4) is 0 Å². The quantitative estimate of drug-likeness (QED) is 0.493. The Hall–Kier alpha value is -1.37. The summed E-state index contributed by atoms with van der Waals surface area (Å²) in [4.78, 5) is 10.0. The number of carbonyl (C=O) groups is 1. The van der Waals surface area contributed by atoms with Crippen LogP contribution in [0.2, 0.25) is 0 Å². The van der Waals surface area contributed by atoms with Gasteiger partial charge in [-0.15, -0.1) is 0 Å². The van der Waals surface area contributed by atoms with E-state index in [0.717, 1.165) is 25.5 Å². The molecule has 0 aromatic heterocycles. The van der Waals surface area contributed by atoms with Crippen molar-refractivity contribution in [3.05, 3.63) is 42.0 Å². The SMILES string of the molecule is O=CCCCC/C=C\c1ccccc1. The molecule has 0 fully saturated rings. The average Bonchev–Trinajstić information content (AvgIpc) is 2.25. The van der Waals surface area contributed by atoms with E-state index >= 15 is 0 Å². The van der Waals surface area contributed by atoms with Crippen molar-refractivity contribution in [2.45, 2.75) is 25.7 Å². The van der Waals surface area contributed by atoms with Gasteiger partial charge in [0.15, 0.2) is 0 Å². The lowest BCUT2D eigenvalue weighted by molar-refractivity contribution is -0.107. The van der Waals surface area contributed by atoms with Crippen LogP contribution in [-0.4, -0.2) is 6.29 Å². The average molecular weight is 188 g/mol. The first-order valence-electron chi connectivity index (χ1n) is 5.08. The van der Waals surface area contributed by atoms with Crippen molar-refractivity contribution in [2.75, 3.05) is 0 Å². The zero-order valence-electron chi connectivity index (χ0n) is 8.36. The molecular weight excluding hydrogens is 172 g/mol. The minimum atomic E-state index is 0.694. The Morgan fingerprint density at radius 3 is 2.43 bits per heavy atom. The normalized spacial score (nSPS) is 10.6. The highest BCUT2D eigenvalue weighted by Crippen LogP contribution is 2.04. The van der Waals surface area contributed by atoms with Crippen molar-refractivity contribution in [1.29, 1.82) is 0 Å². The minimum absolute atomic E-state index is 0.694. The highest BCUT2D eigenvalue weighted by atomic mass is 16.1. The summed E-state index contributed by atoms with van der Waals surface area (Å²) in [6.07, 6.45) is 9.13. The summed E-state index contributed by atoms with van der Waals surface area (Å²) in [5.41, 5.74) is 1.24. The van der Waals surface area contributed by atoms with Crippen LogP contribution in [0.3, 0.4) is 0 Å². The fourth-order valence-corrected chi connectivity index (χ4v) is 1.27. The minimum Gasteiger partial charge on any atom is -0.303 e. The summed E-state index contributed by atoms with van der Waals surface area (Å²) < 4.78 is 0. The van der Waals surface area contributed by atoms with E-state index < -0.39 is 0 Å². The largest absolute Gasteiger partial charge is 0.303 e. The first-order chi connectivity index (χ1) is 6.93. The Labute approximate surface area is 85.5 Å². The number of allylic oxidation sites excluding steroid dienone is 1. The first kappa shape index (κ1) is 10.7. The van der Waals surface area contributed by atoms with Gasteiger partial charge >= 0.3 is 0 Å². The van der Waals surface area contributed by atoms with Crippen molar-refractivity contribution in [3.63, 3.8) is 0 Å². The summed E-state index contributed by atoms with van der Waals surface area (Å²) in [6.45, 7) is 0. The summed E-state index contributed by atoms with van der Waals surface area (Å²) in [5, 5.41) is 0. The van der Waals surface area contributed by atoms with Crippen molar-refractivity contribution in [1.82, 2.24) is 0 Å². The van der Waals surface area contributed by atoms with Crippen LogP contribution in [0, 0.1) is 0 Å². The maximum atomic E-state index is 10.0. The van der Waals surface area contributed by atoms with Crippen LogP contribution in [-0.2, 0) is 4.79 Å². The molecule has 0 spiro atoms. The fraction of sp³-hybridized carbons (Fsp3) is 0.308. The van der Waals surface area contributed by atoms with E-state index in [-0.39, 0.29) is 0 Å². The van der Waals surface area contributed by atoms with E-state index in [1.807, 2.05) is 18.2 Å². The Balaban J connectivity index is 2.18. The number of hydrogen-bond donors (Lipinski definition) is 0. The van der Waals surface area contributed by atoms with Crippen molar-refractivity contribution in [2.24, 2.45) is 0 Å². The summed E-state index contributed by atoms with van der Waals surface area (Å²) in [7, 11) is 0. The van der Waals surface area contributed by atoms with E-state index in [0.29, 0.717) is 6.42 Å². The molecule has 0 aliphatic rings. The number of carbonyl (C=O) groups excluding carboxylic acids is 1. The van der Waals surface area contributed by atoms with Crippen LogP contribution in [0.4, 0.5) is 0 Å². The molecule has 0 amide bonds. The molecule has 14 heavy (non-hydrogen) atoms. The third kappa shape index (κ3) is 4.61. The van der Waals surface area contributed by atoms with Gasteiger partial charge in [0.2, 0.25) is 0 Å². The number of hydrogen-bond acceptors (Lipinski definition) is 1. The van der Waals surface area contributed by atoms with E-state index in [1.165, 1.54) is 5.56 Å².